The number of nitrogens with zero attached hydrogens (tertiary/aromatic N) is 1. The van der Waals surface area contributed by atoms with E-state index in [0.29, 0.717) is 18.9 Å². The number of hydrogen-bond donors (Lipinski definition) is 2. The number of hydrogen-bond acceptors (Lipinski definition) is 3. The number of likely N-dealkylation sites (N-methyl/N-ethyl adjacent to an activating group) is 1. The topological polar surface area (TPSA) is 52.6 Å². The van der Waals surface area contributed by atoms with E-state index in [4.69, 9.17) is 0 Å². The van der Waals surface area contributed by atoms with Crippen molar-refractivity contribution in [2.24, 2.45) is 5.92 Å². The van der Waals surface area contributed by atoms with Gasteiger partial charge in [0.1, 0.15) is 5.54 Å². The fourth-order valence-corrected chi connectivity index (χ4v) is 2.27. The molecule has 0 fully saturated rings. The Labute approximate surface area is 118 Å². The van der Waals surface area contributed by atoms with Gasteiger partial charge in [0.2, 0.25) is 0 Å². The zero-order chi connectivity index (χ0) is 14.9. The van der Waals surface area contributed by atoms with Crippen molar-refractivity contribution in [3.63, 3.8) is 0 Å². The Hall–Kier alpha value is -0.610. The summed E-state index contributed by atoms with van der Waals surface area (Å²) < 4.78 is 0. The summed E-state index contributed by atoms with van der Waals surface area (Å²) in [5, 5.41) is 12.4. The van der Waals surface area contributed by atoms with Crippen molar-refractivity contribution in [1.82, 2.24) is 10.2 Å². The lowest BCUT2D eigenvalue weighted by molar-refractivity contribution is -0.144. The number of nitrogens with one attached hydrogen (secondary N) is 1. The first-order chi connectivity index (χ1) is 8.89. The highest BCUT2D eigenvalue weighted by atomic mass is 16.4. The van der Waals surface area contributed by atoms with Gasteiger partial charge in [-0.3, -0.25) is 4.79 Å². The Kier molecular flexibility index (Phi) is 9.02. The van der Waals surface area contributed by atoms with Gasteiger partial charge in [-0.25, -0.2) is 0 Å². The Bertz CT molecular complexity index is 259. The zero-order valence-corrected chi connectivity index (χ0v) is 13.3. The van der Waals surface area contributed by atoms with Gasteiger partial charge in [0.15, 0.2) is 0 Å². The van der Waals surface area contributed by atoms with Gasteiger partial charge in [-0.1, -0.05) is 34.1 Å². The van der Waals surface area contributed by atoms with E-state index in [-0.39, 0.29) is 0 Å². The van der Waals surface area contributed by atoms with Crippen LogP contribution in [0.15, 0.2) is 0 Å². The summed E-state index contributed by atoms with van der Waals surface area (Å²) in [6, 6.07) is 0. The van der Waals surface area contributed by atoms with Gasteiger partial charge in [0.25, 0.3) is 0 Å². The molecule has 2 N–H and O–H groups in total. The monoisotopic (exact) mass is 272 g/mol. The maximum Gasteiger partial charge on any atom is 0.323 e. The second kappa shape index (κ2) is 9.32. The lowest BCUT2D eigenvalue weighted by Gasteiger charge is -2.28. The lowest BCUT2D eigenvalue weighted by atomic mass is 9.95. The molecule has 0 aliphatic rings. The summed E-state index contributed by atoms with van der Waals surface area (Å²) in [7, 11) is 0. The quantitative estimate of drug-likeness (QED) is 0.607. The molecular weight excluding hydrogens is 240 g/mol. The van der Waals surface area contributed by atoms with E-state index < -0.39 is 11.5 Å². The first-order valence-corrected chi connectivity index (χ1v) is 7.60. The lowest BCUT2D eigenvalue weighted by Crippen LogP contribution is -2.49. The molecule has 2 unspecified atom stereocenters. The molecule has 0 heterocycles. The molecule has 0 spiro atoms. The predicted octanol–water partition coefficient (Wildman–Crippen LogP) is 2.59. The number of aliphatic carboxylic acids is 1. The molecule has 0 bridgehead atoms. The van der Waals surface area contributed by atoms with Gasteiger partial charge in [-0.2, -0.15) is 0 Å². The number of rotatable bonds is 11. The normalized spacial score (nSPS) is 16.3. The standard InChI is InChI=1S/C15H32N2O2/c1-6-13(4)12-17(8-3)11-9-10-15(5,14(18)19)16-7-2/h13,16H,6-12H2,1-5H3,(H,18,19). The van der Waals surface area contributed by atoms with Gasteiger partial charge in [-0.05, 0) is 45.3 Å². The van der Waals surface area contributed by atoms with E-state index in [2.05, 4.69) is 31.0 Å². The maximum absolute atomic E-state index is 11.3. The Morgan fingerprint density at radius 1 is 1.37 bits per heavy atom. The second-order valence-corrected chi connectivity index (χ2v) is 5.68. The average Bonchev–Trinajstić information content (AvgIpc) is 2.37. The van der Waals surface area contributed by atoms with Crippen molar-refractivity contribution < 1.29 is 9.90 Å². The molecule has 0 saturated carbocycles. The van der Waals surface area contributed by atoms with Crippen LogP contribution in [0.3, 0.4) is 0 Å². The number of carboxylic acids is 1. The van der Waals surface area contributed by atoms with E-state index in [9.17, 15) is 9.90 Å². The molecule has 0 amide bonds. The highest BCUT2D eigenvalue weighted by Gasteiger charge is 2.31. The van der Waals surface area contributed by atoms with E-state index in [0.717, 1.165) is 26.1 Å². The maximum atomic E-state index is 11.3. The summed E-state index contributed by atoms with van der Waals surface area (Å²) in [6.07, 6.45) is 2.79. The molecule has 0 aromatic rings. The van der Waals surface area contributed by atoms with Crippen molar-refractivity contribution in [3.05, 3.63) is 0 Å². The Morgan fingerprint density at radius 3 is 2.42 bits per heavy atom. The van der Waals surface area contributed by atoms with Crippen LogP contribution >= 0.6 is 0 Å². The Morgan fingerprint density at radius 2 is 2.00 bits per heavy atom. The van der Waals surface area contributed by atoms with E-state index >= 15 is 0 Å². The van der Waals surface area contributed by atoms with Crippen molar-refractivity contribution in [1.29, 1.82) is 0 Å². The van der Waals surface area contributed by atoms with E-state index in [1.807, 2.05) is 6.92 Å². The first-order valence-electron chi connectivity index (χ1n) is 7.60. The summed E-state index contributed by atoms with van der Waals surface area (Å²) in [6.45, 7) is 14.2. The third-order valence-corrected chi connectivity index (χ3v) is 3.90. The molecule has 19 heavy (non-hydrogen) atoms. The average molecular weight is 272 g/mol. The van der Waals surface area contributed by atoms with Crippen molar-refractivity contribution >= 4 is 5.97 Å². The SMILES string of the molecule is CCNC(C)(CCCN(CC)CC(C)CC)C(=O)O. The fourth-order valence-electron chi connectivity index (χ4n) is 2.27. The largest absolute Gasteiger partial charge is 0.480 e. The van der Waals surface area contributed by atoms with Crippen LogP contribution in [0.25, 0.3) is 0 Å². The van der Waals surface area contributed by atoms with Crippen molar-refractivity contribution in [3.8, 4) is 0 Å². The van der Waals surface area contributed by atoms with E-state index in [1.54, 1.807) is 6.92 Å². The van der Waals surface area contributed by atoms with Gasteiger partial charge < -0.3 is 15.3 Å². The van der Waals surface area contributed by atoms with Crippen LogP contribution in [-0.4, -0.2) is 47.7 Å². The number of carbonyl (C=O) groups is 1. The molecule has 114 valence electrons. The van der Waals surface area contributed by atoms with Crippen LogP contribution in [0.5, 0.6) is 0 Å². The Balaban J connectivity index is 4.19. The van der Waals surface area contributed by atoms with Crippen LogP contribution in [0, 0.1) is 5.92 Å². The number of carboxylic acid groups (broad SMARTS) is 1. The van der Waals surface area contributed by atoms with Crippen LogP contribution < -0.4 is 5.32 Å². The molecular formula is C15H32N2O2. The first kappa shape index (κ1) is 18.4. The molecule has 0 aromatic heterocycles. The second-order valence-electron chi connectivity index (χ2n) is 5.68. The molecule has 0 radical (unpaired) electrons. The van der Waals surface area contributed by atoms with Crippen molar-refractivity contribution in [2.45, 2.75) is 59.4 Å². The third-order valence-electron chi connectivity index (χ3n) is 3.90. The van der Waals surface area contributed by atoms with Crippen LogP contribution in [0.4, 0.5) is 0 Å². The van der Waals surface area contributed by atoms with E-state index in [1.165, 1.54) is 6.42 Å². The summed E-state index contributed by atoms with van der Waals surface area (Å²) in [5.74, 6) is -0.0427. The molecule has 0 aliphatic heterocycles. The van der Waals surface area contributed by atoms with Crippen molar-refractivity contribution in [2.75, 3.05) is 26.2 Å². The highest BCUT2D eigenvalue weighted by molar-refractivity contribution is 5.78. The zero-order valence-electron chi connectivity index (χ0n) is 13.3. The molecule has 0 aromatic carbocycles. The molecule has 4 heteroatoms. The third kappa shape index (κ3) is 6.92. The van der Waals surface area contributed by atoms with Crippen LogP contribution in [0.2, 0.25) is 0 Å². The predicted molar refractivity (Wildman–Crippen MR) is 80.5 cm³/mol. The van der Waals surface area contributed by atoms with Gasteiger partial charge in [-0.15, -0.1) is 0 Å². The van der Waals surface area contributed by atoms with Gasteiger partial charge in [0, 0.05) is 6.54 Å². The van der Waals surface area contributed by atoms with Crippen LogP contribution in [-0.2, 0) is 4.79 Å². The highest BCUT2D eigenvalue weighted by Crippen LogP contribution is 2.14. The minimum atomic E-state index is -0.787. The smallest absolute Gasteiger partial charge is 0.323 e. The van der Waals surface area contributed by atoms with Crippen LogP contribution in [0.1, 0.15) is 53.9 Å². The molecule has 0 saturated heterocycles. The fraction of sp³-hybridized carbons (Fsp3) is 0.933. The molecule has 0 rings (SSSR count). The molecule has 0 aliphatic carbocycles. The summed E-state index contributed by atoms with van der Waals surface area (Å²) >= 11 is 0. The van der Waals surface area contributed by atoms with Gasteiger partial charge >= 0.3 is 5.97 Å². The molecule has 2 atom stereocenters. The molecule has 4 nitrogen and oxygen atoms in total. The van der Waals surface area contributed by atoms with Gasteiger partial charge in [0.05, 0.1) is 0 Å². The minimum absolute atomic E-state index is 0.674. The summed E-state index contributed by atoms with van der Waals surface area (Å²) in [4.78, 5) is 13.7. The minimum Gasteiger partial charge on any atom is -0.480 e. The summed E-state index contributed by atoms with van der Waals surface area (Å²) in [5.41, 5.74) is -0.787.